The Balaban J connectivity index is 1.82. The molecular weight excluding hydrogens is 458 g/mol. The van der Waals surface area contributed by atoms with E-state index >= 15 is 0 Å². The van der Waals surface area contributed by atoms with Crippen LogP contribution in [0.15, 0.2) is 36.5 Å². The van der Waals surface area contributed by atoms with Crippen LogP contribution in [0.4, 0.5) is 5.69 Å². The molecule has 186 valence electrons. The van der Waals surface area contributed by atoms with E-state index in [2.05, 4.69) is 10.6 Å². The van der Waals surface area contributed by atoms with Crippen LogP contribution in [-0.2, 0) is 24.0 Å². The predicted molar refractivity (Wildman–Crippen MR) is 123 cm³/mol. The molecule has 0 spiro atoms. The molecule has 0 saturated carbocycles. The van der Waals surface area contributed by atoms with Crippen molar-refractivity contribution in [1.29, 1.82) is 0 Å². The number of carboxylic acids is 1. The van der Waals surface area contributed by atoms with Crippen molar-refractivity contribution in [3.63, 3.8) is 0 Å². The fraction of sp³-hybridized carbons (Fsp3) is 0.391. The van der Waals surface area contributed by atoms with E-state index in [9.17, 15) is 28.8 Å². The van der Waals surface area contributed by atoms with Crippen LogP contribution in [0.3, 0.4) is 0 Å². The summed E-state index contributed by atoms with van der Waals surface area (Å²) in [7, 11) is 3.65. The first-order chi connectivity index (χ1) is 16.6. The van der Waals surface area contributed by atoms with Crippen molar-refractivity contribution in [2.75, 3.05) is 19.0 Å². The van der Waals surface area contributed by atoms with E-state index in [4.69, 9.17) is 5.11 Å². The van der Waals surface area contributed by atoms with Crippen molar-refractivity contribution < 1.29 is 33.9 Å². The number of benzene rings is 1. The number of nitrogens with zero attached hydrogens (tertiary/aromatic N) is 3. The highest BCUT2D eigenvalue weighted by molar-refractivity contribution is 6.00. The summed E-state index contributed by atoms with van der Waals surface area (Å²) in [5, 5.41) is 15.9. The van der Waals surface area contributed by atoms with Crippen LogP contribution in [0.2, 0.25) is 0 Å². The number of aliphatic carboxylic acids is 1. The number of hydrazine groups is 1. The number of carbonyl (C=O) groups is 6. The van der Waals surface area contributed by atoms with Gasteiger partial charge >= 0.3 is 5.97 Å². The lowest BCUT2D eigenvalue weighted by Crippen LogP contribution is -2.62. The van der Waals surface area contributed by atoms with Gasteiger partial charge in [0.05, 0.1) is 12.5 Å². The molecule has 0 bridgehead atoms. The number of hydrogen-bond donors (Lipinski definition) is 3. The molecule has 2 aliphatic rings. The number of anilines is 1. The minimum Gasteiger partial charge on any atom is -0.481 e. The van der Waals surface area contributed by atoms with Gasteiger partial charge in [-0.3, -0.25) is 24.0 Å². The monoisotopic (exact) mass is 485 g/mol. The van der Waals surface area contributed by atoms with E-state index in [1.807, 2.05) is 25.1 Å². The molecule has 2 aliphatic heterocycles. The van der Waals surface area contributed by atoms with Gasteiger partial charge in [0, 0.05) is 38.0 Å². The molecule has 0 aromatic heterocycles. The first-order valence-electron chi connectivity index (χ1n) is 11.0. The minimum atomic E-state index is -1.29. The maximum atomic E-state index is 13.4. The average molecular weight is 485 g/mol. The van der Waals surface area contributed by atoms with E-state index in [0.29, 0.717) is 11.8 Å². The van der Waals surface area contributed by atoms with Crippen molar-refractivity contribution in [3.05, 3.63) is 42.1 Å². The van der Waals surface area contributed by atoms with Crippen LogP contribution in [0, 0.1) is 0 Å². The van der Waals surface area contributed by atoms with Gasteiger partial charge in [-0.15, -0.1) is 0 Å². The molecular formula is C23H27N5O7. The van der Waals surface area contributed by atoms with E-state index in [0.717, 1.165) is 15.7 Å². The molecule has 35 heavy (non-hydrogen) atoms. The molecule has 0 radical (unpaired) electrons. The number of carboxylic acid groups (broad SMARTS) is 1. The maximum Gasteiger partial charge on any atom is 0.305 e. The van der Waals surface area contributed by atoms with E-state index < -0.39 is 54.1 Å². The maximum absolute atomic E-state index is 13.4. The molecule has 0 aliphatic carbocycles. The number of aldehydes is 1. The smallest absolute Gasteiger partial charge is 0.305 e. The Morgan fingerprint density at radius 2 is 2.00 bits per heavy atom. The van der Waals surface area contributed by atoms with Crippen LogP contribution in [0.25, 0.3) is 0 Å². The van der Waals surface area contributed by atoms with Crippen molar-refractivity contribution in [3.8, 4) is 0 Å². The summed E-state index contributed by atoms with van der Waals surface area (Å²) < 4.78 is 0. The average Bonchev–Trinajstić information content (AvgIpc) is 2.95. The highest BCUT2D eigenvalue weighted by Gasteiger charge is 2.43. The Morgan fingerprint density at radius 1 is 1.26 bits per heavy atom. The summed E-state index contributed by atoms with van der Waals surface area (Å²) in [6.07, 6.45) is 2.59. The molecule has 3 N–H and O–H groups in total. The quantitative estimate of drug-likeness (QED) is 0.422. The Hall–Kier alpha value is -4.22. The molecule has 12 nitrogen and oxygen atoms in total. The second kappa shape index (κ2) is 10.8. The molecule has 0 unspecified atom stereocenters. The summed E-state index contributed by atoms with van der Waals surface area (Å²) >= 11 is 0. The molecule has 2 heterocycles. The Labute approximate surface area is 201 Å². The summed E-state index contributed by atoms with van der Waals surface area (Å²) in [6, 6.07) is 3.21. The number of hydrogen-bond acceptors (Lipinski definition) is 7. The molecule has 4 amide bonds. The topological polar surface area (TPSA) is 156 Å². The van der Waals surface area contributed by atoms with Gasteiger partial charge < -0.3 is 25.4 Å². The second-order valence-electron chi connectivity index (χ2n) is 8.42. The normalized spacial score (nSPS) is 20.4. The van der Waals surface area contributed by atoms with Gasteiger partial charge in [0.25, 0.3) is 11.8 Å². The van der Waals surface area contributed by atoms with Crippen LogP contribution in [0.5, 0.6) is 0 Å². The zero-order chi connectivity index (χ0) is 25.7. The molecule has 1 aromatic carbocycles. The van der Waals surface area contributed by atoms with Gasteiger partial charge in [0.2, 0.25) is 11.8 Å². The SMILES string of the molecule is CN(C)c1cccc(C(=O)N[C@H]2CCC(=O)N3C=CC[C@@H](C(=O)N[C@H](C=O)CC(=O)O)N3C2=O)c1. The molecule has 1 saturated heterocycles. The lowest BCUT2D eigenvalue weighted by atomic mass is 10.1. The van der Waals surface area contributed by atoms with Gasteiger partial charge in [0.15, 0.2) is 0 Å². The van der Waals surface area contributed by atoms with Crippen LogP contribution in [-0.4, -0.2) is 83.2 Å². The molecule has 3 rings (SSSR count). The van der Waals surface area contributed by atoms with Crippen molar-refractivity contribution in [2.24, 2.45) is 0 Å². The first-order valence-corrected chi connectivity index (χ1v) is 11.0. The fourth-order valence-electron chi connectivity index (χ4n) is 3.86. The standard InChI is InChI=1S/C23H27N5O7/c1-26(2)16-6-3-5-14(11-16)21(33)25-17-8-9-19(30)27-10-4-7-18(28(27)23(17)35)22(34)24-15(13-29)12-20(31)32/h3-6,10-11,13,15,17-18H,7-9,12H2,1-2H3,(H,24,34)(H,25,33)(H,31,32)/t15-,17-,18-/m0/s1. The molecule has 1 fully saturated rings. The number of fused-ring (bicyclic) bond motifs is 1. The van der Waals surface area contributed by atoms with Crippen molar-refractivity contribution in [1.82, 2.24) is 20.7 Å². The Morgan fingerprint density at radius 3 is 2.66 bits per heavy atom. The highest BCUT2D eigenvalue weighted by Crippen LogP contribution is 2.24. The van der Waals surface area contributed by atoms with Crippen molar-refractivity contribution >= 4 is 41.6 Å². The van der Waals surface area contributed by atoms with E-state index in [1.165, 1.54) is 12.3 Å². The largest absolute Gasteiger partial charge is 0.481 e. The van der Waals surface area contributed by atoms with Gasteiger partial charge in [-0.05, 0) is 31.0 Å². The third-order valence-electron chi connectivity index (χ3n) is 5.68. The summed E-state index contributed by atoms with van der Waals surface area (Å²) in [4.78, 5) is 75.9. The second-order valence-corrected chi connectivity index (χ2v) is 8.42. The zero-order valence-corrected chi connectivity index (χ0v) is 19.3. The van der Waals surface area contributed by atoms with Crippen molar-refractivity contribution in [2.45, 2.75) is 43.8 Å². The van der Waals surface area contributed by atoms with Crippen LogP contribution >= 0.6 is 0 Å². The fourth-order valence-corrected chi connectivity index (χ4v) is 3.86. The summed E-state index contributed by atoms with van der Waals surface area (Å²) in [5.41, 5.74) is 1.11. The number of carbonyl (C=O) groups excluding carboxylic acids is 5. The zero-order valence-electron chi connectivity index (χ0n) is 19.3. The first kappa shape index (κ1) is 25.4. The van der Waals surface area contributed by atoms with Gasteiger partial charge in [-0.2, -0.15) is 0 Å². The molecule has 3 atom stereocenters. The van der Waals surface area contributed by atoms with E-state index in [-0.39, 0.29) is 19.3 Å². The van der Waals surface area contributed by atoms with Crippen LogP contribution < -0.4 is 15.5 Å². The number of nitrogens with one attached hydrogen (secondary N) is 2. The summed E-state index contributed by atoms with van der Waals surface area (Å²) in [5.74, 6) is -3.70. The summed E-state index contributed by atoms with van der Waals surface area (Å²) in [6.45, 7) is 0. The minimum absolute atomic E-state index is 0.0297. The lowest BCUT2D eigenvalue weighted by molar-refractivity contribution is -0.166. The van der Waals surface area contributed by atoms with Gasteiger partial charge in [-0.25, -0.2) is 10.0 Å². The van der Waals surface area contributed by atoms with Crippen LogP contribution in [0.1, 0.15) is 36.0 Å². The third-order valence-corrected chi connectivity index (χ3v) is 5.68. The number of amides is 4. The predicted octanol–water partition coefficient (Wildman–Crippen LogP) is -0.339. The van der Waals surface area contributed by atoms with Gasteiger partial charge in [-0.1, -0.05) is 12.1 Å². The third kappa shape index (κ3) is 5.83. The molecule has 12 heteroatoms. The lowest BCUT2D eigenvalue weighted by Gasteiger charge is -2.39. The molecule has 1 aromatic rings. The highest BCUT2D eigenvalue weighted by atomic mass is 16.4. The Bertz CT molecular complexity index is 1070. The van der Waals surface area contributed by atoms with E-state index in [1.54, 1.807) is 18.2 Å². The Kier molecular flexibility index (Phi) is 7.84. The van der Waals surface area contributed by atoms with Gasteiger partial charge in [0.1, 0.15) is 18.4 Å². The number of rotatable bonds is 8.